The largest absolute Gasteiger partial charge is 0.494 e. The minimum Gasteiger partial charge on any atom is -0.494 e. The Balaban J connectivity index is 1.95. The lowest BCUT2D eigenvalue weighted by Crippen LogP contribution is -1.98. The molecule has 0 N–H and O–H groups in total. The molecular formula is C17H24O2. The van der Waals surface area contributed by atoms with Gasteiger partial charge < -0.3 is 9.47 Å². The first kappa shape index (κ1) is 15.4. The fraction of sp³-hybridized carbons (Fsp3) is 0.412. The average molecular weight is 260 g/mol. The van der Waals surface area contributed by atoms with Gasteiger partial charge in [0.15, 0.2) is 0 Å². The molecule has 0 radical (unpaired) electrons. The van der Waals surface area contributed by atoms with Gasteiger partial charge in [-0.2, -0.15) is 0 Å². The van der Waals surface area contributed by atoms with Crippen LogP contribution in [0.25, 0.3) is 0 Å². The highest BCUT2D eigenvalue weighted by Crippen LogP contribution is 2.12. The third-order valence-electron chi connectivity index (χ3n) is 2.84. The predicted octanol–water partition coefficient (Wildman–Crippen LogP) is 4.65. The van der Waals surface area contributed by atoms with E-state index in [0.29, 0.717) is 5.76 Å². The first-order valence-corrected chi connectivity index (χ1v) is 6.86. The van der Waals surface area contributed by atoms with Crippen molar-refractivity contribution in [1.29, 1.82) is 0 Å². The topological polar surface area (TPSA) is 18.5 Å². The van der Waals surface area contributed by atoms with Crippen molar-refractivity contribution < 1.29 is 9.47 Å². The summed E-state index contributed by atoms with van der Waals surface area (Å²) in [5, 5.41) is 0. The first-order chi connectivity index (χ1) is 9.22. The maximum Gasteiger partial charge on any atom is 0.119 e. The Kier molecular flexibility index (Phi) is 7.48. The summed E-state index contributed by atoms with van der Waals surface area (Å²) in [5.74, 6) is 1.61. The van der Waals surface area contributed by atoms with Gasteiger partial charge in [-0.1, -0.05) is 30.9 Å². The summed E-state index contributed by atoms with van der Waals surface area (Å²) >= 11 is 0. The van der Waals surface area contributed by atoms with E-state index in [2.05, 4.69) is 32.2 Å². The smallest absolute Gasteiger partial charge is 0.119 e. The van der Waals surface area contributed by atoms with Crippen LogP contribution in [0.1, 0.15) is 31.2 Å². The van der Waals surface area contributed by atoms with Gasteiger partial charge in [0.05, 0.1) is 13.2 Å². The number of aryl methyl sites for hydroxylation is 1. The highest BCUT2D eigenvalue weighted by Gasteiger charge is 1.95. The molecule has 0 unspecified atom stereocenters. The number of hydrogen-bond donors (Lipinski definition) is 0. The lowest BCUT2D eigenvalue weighted by Gasteiger charge is -2.07. The molecule has 2 heteroatoms. The molecule has 2 nitrogen and oxygen atoms in total. The van der Waals surface area contributed by atoms with Crippen LogP contribution in [0, 0.1) is 6.92 Å². The molecule has 0 saturated heterocycles. The number of benzene rings is 1. The van der Waals surface area contributed by atoms with E-state index in [1.807, 2.05) is 12.1 Å². The van der Waals surface area contributed by atoms with Crippen LogP contribution >= 0.6 is 0 Å². The Labute approximate surface area is 116 Å². The Morgan fingerprint density at radius 1 is 1.05 bits per heavy atom. The van der Waals surface area contributed by atoms with E-state index >= 15 is 0 Å². The van der Waals surface area contributed by atoms with Gasteiger partial charge in [-0.05, 0) is 50.8 Å². The molecule has 1 aromatic rings. The fourth-order valence-electron chi connectivity index (χ4n) is 1.64. The third kappa shape index (κ3) is 7.35. The molecule has 1 rings (SSSR count). The second-order valence-electron chi connectivity index (χ2n) is 4.59. The third-order valence-corrected chi connectivity index (χ3v) is 2.84. The van der Waals surface area contributed by atoms with Crippen molar-refractivity contribution in [3.8, 4) is 5.75 Å². The van der Waals surface area contributed by atoms with Crippen LogP contribution in [0.5, 0.6) is 5.75 Å². The first-order valence-electron chi connectivity index (χ1n) is 6.86. The average Bonchev–Trinajstić information content (AvgIpc) is 2.43. The molecule has 0 heterocycles. The molecule has 19 heavy (non-hydrogen) atoms. The molecule has 104 valence electrons. The van der Waals surface area contributed by atoms with Gasteiger partial charge in [0.1, 0.15) is 11.5 Å². The monoisotopic (exact) mass is 260 g/mol. The molecule has 0 aliphatic rings. The minimum atomic E-state index is 0.655. The van der Waals surface area contributed by atoms with Gasteiger partial charge >= 0.3 is 0 Å². The highest BCUT2D eigenvalue weighted by molar-refractivity contribution is 5.26. The Morgan fingerprint density at radius 2 is 1.68 bits per heavy atom. The Hall–Kier alpha value is -1.70. The van der Waals surface area contributed by atoms with Crippen LogP contribution in [0.15, 0.2) is 49.3 Å². The van der Waals surface area contributed by atoms with Crippen molar-refractivity contribution in [3.05, 3.63) is 54.8 Å². The van der Waals surface area contributed by atoms with Gasteiger partial charge in [0.25, 0.3) is 0 Å². The number of allylic oxidation sites excluding steroid dienone is 1. The predicted molar refractivity (Wildman–Crippen MR) is 80.4 cm³/mol. The van der Waals surface area contributed by atoms with Crippen molar-refractivity contribution in [2.45, 2.75) is 32.6 Å². The van der Waals surface area contributed by atoms with Crippen LogP contribution in [0.3, 0.4) is 0 Å². The number of ether oxygens (including phenoxy) is 2. The Bertz CT molecular complexity index is 379. The maximum absolute atomic E-state index is 5.66. The van der Waals surface area contributed by atoms with Crippen LogP contribution < -0.4 is 4.74 Å². The number of hydrogen-bond acceptors (Lipinski definition) is 2. The molecule has 0 atom stereocenters. The van der Waals surface area contributed by atoms with Crippen LogP contribution in [-0.4, -0.2) is 13.2 Å². The van der Waals surface area contributed by atoms with E-state index in [1.54, 1.807) is 6.08 Å². The molecule has 0 amide bonds. The van der Waals surface area contributed by atoms with Crippen molar-refractivity contribution in [1.82, 2.24) is 0 Å². The van der Waals surface area contributed by atoms with Gasteiger partial charge in [-0.15, -0.1) is 0 Å². The summed E-state index contributed by atoms with van der Waals surface area (Å²) in [6.07, 6.45) is 6.08. The molecular weight excluding hydrogens is 236 g/mol. The number of unbranched alkanes of at least 4 members (excludes halogenated alkanes) is 3. The lowest BCUT2D eigenvalue weighted by molar-refractivity contribution is 0.216. The van der Waals surface area contributed by atoms with Gasteiger partial charge in [0.2, 0.25) is 0 Å². The van der Waals surface area contributed by atoms with E-state index in [9.17, 15) is 0 Å². The fourth-order valence-corrected chi connectivity index (χ4v) is 1.64. The van der Waals surface area contributed by atoms with Gasteiger partial charge in [-0.3, -0.25) is 0 Å². The summed E-state index contributed by atoms with van der Waals surface area (Å²) in [7, 11) is 0. The SMILES string of the molecule is C=CC(=C)OCCCCCCOc1ccc(C)cc1. The molecule has 0 aromatic heterocycles. The van der Waals surface area contributed by atoms with E-state index in [4.69, 9.17) is 9.47 Å². The molecule has 1 aromatic carbocycles. The van der Waals surface area contributed by atoms with Crippen molar-refractivity contribution in [2.75, 3.05) is 13.2 Å². The van der Waals surface area contributed by atoms with E-state index < -0.39 is 0 Å². The second kappa shape index (κ2) is 9.26. The van der Waals surface area contributed by atoms with Crippen LogP contribution in [0.2, 0.25) is 0 Å². The zero-order valence-electron chi connectivity index (χ0n) is 11.9. The zero-order valence-corrected chi connectivity index (χ0v) is 11.9. The minimum absolute atomic E-state index is 0.655. The second-order valence-corrected chi connectivity index (χ2v) is 4.59. The maximum atomic E-state index is 5.66. The molecule has 0 spiro atoms. The normalized spacial score (nSPS) is 9.95. The Morgan fingerprint density at radius 3 is 2.32 bits per heavy atom. The van der Waals surface area contributed by atoms with Crippen LogP contribution in [0.4, 0.5) is 0 Å². The summed E-state index contributed by atoms with van der Waals surface area (Å²) < 4.78 is 11.0. The summed E-state index contributed by atoms with van der Waals surface area (Å²) in [6, 6.07) is 8.17. The van der Waals surface area contributed by atoms with E-state index in [-0.39, 0.29) is 0 Å². The van der Waals surface area contributed by atoms with Crippen molar-refractivity contribution >= 4 is 0 Å². The molecule has 0 saturated carbocycles. The van der Waals surface area contributed by atoms with Gasteiger partial charge in [0, 0.05) is 0 Å². The summed E-state index contributed by atoms with van der Waals surface area (Å²) in [6.45, 7) is 10.9. The van der Waals surface area contributed by atoms with E-state index in [0.717, 1.165) is 44.6 Å². The number of rotatable bonds is 10. The summed E-state index contributed by atoms with van der Waals surface area (Å²) in [4.78, 5) is 0. The standard InChI is InChI=1S/C17H24O2/c1-4-16(3)18-13-7-5-6-8-14-19-17-11-9-15(2)10-12-17/h4,9-12H,1,3,5-8,13-14H2,2H3. The van der Waals surface area contributed by atoms with Crippen LogP contribution in [-0.2, 0) is 4.74 Å². The molecule has 0 bridgehead atoms. The molecule has 0 aliphatic carbocycles. The molecule has 0 fully saturated rings. The zero-order chi connectivity index (χ0) is 13.9. The van der Waals surface area contributed by atoms with Crippen molar-refractivity contribution in [2.24, 2.45) is 0 Å². The van der Waals surface area contributed by atoms with Crippen molar-refractivity contribution in [3.63, 3.8) is 0 Å². The highest BCUT2D eigenvalue weighted by atomic mass is 16.5. The van der Waals surface area contributed by atoms with Gasteiger partial charge in [-0.25, -0.2) is 0 Å². The molecule has 0 aliphatic heterocycles. The van der Waals surface area contributed by atoms with E-state index in [1.165, 1.54) is 5.56 Å². The summed E-state index contributed by atoms with van der Waals surface area (Å²) in [5.41, 5.74) is 1.26. The quantitative estimate of drug-likeness (QED) is 0.346. The lowest BCUT2D eigenvalue weighted by atomic mass is 10.2.